The van der Waals surface area contributed by atoms with Crippen LogP contribution in [0.5, 0.6) is 0 Å². The highest BCUT2D eigenvalue weighted by molar-refractivity contribution is 5.28. The van der Waals surface area contributed by atoms with Crippen molar-refractivity contribution in [3.8, 4) is 0 Å². The van der Waals surface area contributed by atoms with E-state index in [9.17, 15) is 0 Å². The predicted octanol–water partition coefficient (Wildman–Crippen LogP) is 5.17. The summed E-state index contributed by atoms with van der Waals surface area (Å²) in [6.45, 7) is 6.86. The van der Waals surface area contributed by atoms with Gasteiger partial charge >= 0.3 is 0 Å². The van der Waals surface area contributed by atoms with E-state index >= 15 is 0 Å². The van der Waals surface area contributed by atoms with Crippen molar-refractivity contribution in [2.24, 2.45) is 11.3 Å². The van der Waals surface area contributed by atoms with Gasteiger partial charge in [-0.3, -0.25) is 0 Å². The smallest absolute Gasteiger partial charge is 0.0135 e. The number of rotatable bonds is 3. The van der Waals surface area contributed by atoms with Crippen LogP contribution >= 0.6 is 0 Å². The summed E-state index contributed by atoms with van der Waals surface area (Å²) in [6, 6.07) is 10.8. The maximum absolute atomic E-state index is 2.43. The molecule has 0 spiro atoms. The molecule has 18 heavy (non-hydrogen) atoms. The summed E-state index contributed by atoms with van der Waals surface area (Å²) < 4.78 is 0. The SMILES string of the molecule is CC(C)(C)C1=CCC(CCc2ccccc2)C=C1. The van der Waals surface area contributed by atoms with Crippen LogP contribution in [0.2, 0.25) is 0 Å². The molecule has 1 unspecified atom stereocenters. The first-order chi connectivity index (χ1) is 8.55. The van der Waals surface area contributed by atoms with Gasteiger partial charge in [0.2, 0.25) is 0 Å². The summed E-state index contributed by atoms with van der Waals surface area (Å²) in [6.07, 6.45) is 10.8. The number of hydrogen-bond donors (Lipinski definition) is 0. The van der Waals surface area contributed by atoms with Crippen molar-refractivity contribution in [3.05, 3.63) is 59.7 Å². The first-order valence-corrected chi connectivity index (χ1v) is 6.98. The van der Waals surface area contributed by atoms with Gasteiger partial charge in [-0.05, 0) is 41.7 Å². The largest absolute Gasteiger partial charge is 0.0808 e. The molecule has 0 radical (unpaired) electrons. The van der Waals surface area contributed by atoms with Crippen molar-refractivity contribution in [1.29, 1.82) is 0 Å². The third kappa shape index (κ3) is 3.60. The van der Waals surface area contributed by atoms with Gasteiger partial charge < -0.3 is 0 Å². The van der Waals surface area contributed by atoms with Crippen LogP contribution in [0.25, 0.3) is 0 Å². The normalized spacial score (nSPS) is 19.7. The van der Waals surface area contributed by atoms with Gasteiger partial charge in [0.25, 0.3) is 0 Å². The minimum Gasteiger partial charge on any atom is -0.0808 e. The monoisotopic (exact) mass is 240 g/mol. The van der Waals surface area contributed by atoms with E-state index in [0.717, 1.165) is 5.92 Å². The predicted molar refractivity (Wildman–Crippen MR) is 79.5 cm³/mol. The number of hydrogen-bond acceptors (Lipinski definition) is 0. The molecule has 0 saturated heterocycles. The first-order valence-electron chi connectivity index (χ1n) is 6.98. The molecule has 0 heterocycles. The van der Waals surface area contributed by atoms with Crippen molar-refractivity contribution in [2.45, 2.75) is 40.0 Å². The zero-order valence-corrected chi connectivity index (χ0v) is 11.8. The van der Waals surface area contributed by atoms with E-state index in [2.05, 4.69) is 69.3 Å². The molecule has 2 rings (SSSR count). The van der Waals surface area contributed by atoms with E-state index in [4.69, 9.17) is 0 Å². The highest BCUT2D eigenvalue weighted by Crippen LogP contribution is 2.31. The molecule has 0 aliphatic heterocycles. The van der Waals surface area contributed by atoms with Gasteiger partial charge in [0, 0.05) is 0 Å². The molecule has 0 heteroatoms. The van der Waals surface area contributed by atoms with Crippen LogP contribution in [-0.2, 0) is 6.42 Å². The van der Waals surface area contributed by atoms with Crippen molar-refractivity contribution >= 4 is 0 Å². The number of allylic oxidation sites excluding steroid dienone is 4. The summed E-state index contributed by atoms with van der Waals surface area (Å²) in [5.74, 6) is 0.719. The van der Waals surface area contributed by atoms with E-state index in [0.29, 0.717) is 5.41 Å². The Hall–Kier alpha value is -1.30. The van der Waals surface area contributed by atoms with Crippen LogP contribution in [0.4, 0.5) is 0 Å². The lowest BCUT2D eigenvalue weighted by atomic mass is 9.80. The highest BCUT2D eigenvalue weighted by atomic mass is 14.2. The van der Waals surface area contributed by atoms with E-state index in [1.807, 2.05) is 0 Å². The van der Waals surface area contributed by atoms with Crippen LogP contribution in [0.1, 0.15) is 39.2 Å². The van der Waals surface area contributed by atoms with Crippen LogP contribution < -0.4 is 0 Å². The second kappa shape index (κ2) is 5.56. The van der Waals surface area contributed by atoms with Crippen molar-refractivity contribution in [3.63, 3.8) is 0 Å². The molecular formula is C18H24. The first kappa shape index (κ1) is 13.1. The molecule has 96 valence electrons. The van der Waals surface area contributed by atoms with Gasteiger partial charge in [-0.1, -0.05) is 69.3 Å². The summed E-state index contributed by atoms with van der Waals surface area (Å²) in [5.41, 5.74) is 3.23. The van der Waals surface area contributed by atoms with E-state index in [-0.39, 0.29) is 0 Å². The lowest BCUT2D eigenvalue weighted by Gasteiger charge is -2.25. The third-order valence-electron chi connectivity index (χ3n) is 3.70. The Morgan fingerprint density at radius 1 is 1.11 bits per heavy atom. The zero-order valence-electron chi connectivity index (χ0n) is 11.8. The van der Waals surface area contributed by atoms with E-state index in [1.54, 1.807) is 0 Å². The molecule has 0 saturated carbocycles. The Kier molecular flexibility index (Phi) is 4.06. The Labute approximate surface area is 111 Å². The standard InChI is InChI=1S/C18H24/c1-18(2,3)17-13-11-16(12-14-17)10-9-15-7-5-4-6-8-15/h4-8,11,13-14,16H,9-10,12H2,1-3H3. The number of aryl methyl sites for hydroxylation is 1. The highest BCUT2D eigenvalue weighted by Gasteiger charge is 2.18. The summed E-state index contributed by atoms with van der Waals surface area (Å²) in [4.78, 5) is 0. The molecule has 1 aliphatic carbocycles. The molecular weight excluding hydrogens is 216 g/mol. The average Bonchev–Trinajstić information content (AvgIpc) is 2.37. The minimum atomic E-state index is 0.293. The van der Waals surface area contributed by atoms with E-state index in [1.165, 1.54) is 30.4 Å². The molecule has 0 bridgehead atoms. The fraction of sp³-hybridized carbons (Fsp3) is 0.444. The van der Waals surface area contributed by atoms with Crippen LogP contribution in [0, 0.1) is 11.3 Å². The van der Waals surface area contributed by atoms with Crippen LogP contribution in [-0.4, -0.2) is 0 Å². The quantitative estimate of drug-likeness (QED) is 0.684. The fourth-order valence-corrected chi connectivity index (χ4v) is 2.43. The Balaban J connectivity index is 1.85. The summed E-state index contributed by atoms with van der Waals surface area (Å²) in [5, 5.41) is 0. The zero-order chi connectivity index (χ0) is 13.0. The lowest BCUT2D eigenvalue weighted by Crippen LogP contribution is -2.11. The molecule has 0 fully saturated rings. The van der Waals surface area contributed by atoms with Crippen molar-refractivity contribution < 1.29 is 0 Å². The van der Waals surface area contributed by atoms with Crippen LogP contribution in [0.15, 0.2) is 54.1 Å². The lowest BCUT2D eigenvalue weighted by molar-refractivity contribution is 0.499. The summed E-state index contributed by atoms with van der Waals surface area (Å²) in [7, 11) is 0. The van der Waals surface area contributed by atoms with Gasteiger partial charge in [0.05, 0.1) is 0 Å². The molecule has 1 aliphatic rings. The van der Waals surface area contributed by atoms with Gasteiger partial charge in [0.1, 0.15) is 0 Å². The van der Waals surface area contributed by atoms with Crippen LogP contribution in [0.3, 0.4) is 0 Å². The average molecular weight is 240 g/mol. The molecule has 0 aromatic heterocycles. The van der Waals surface area contributed by atoms with Gasteiger partial charge in [-0.15, -0.1) is 0 Å². The van der Waals surface area contributed by atoms with Gasteiger partial charge in [0.15, 0.2) is 0 Å². The molecule has 0 amide bonds. The second-order valence-corrected chi connectivity index (χ2v) is 6.29. The third-order valence-corrected chi connectivity index (χ3v) is 3.70. The topological polar surface area (TPSA) is 0 Å². The van der Waals surface area contributed by atoms with Crippen molar-refractivity contribution in [2.75, 3.05) is 0 Å². The molecule has 0 N–H and O–H groups in total. The summed E-state index contributed by atoms with van der Waals surface area (Å²) >= 11 is 0. The fourth-order valence-electron chi connectivity index (χ4n) is 2.43. The second-order valence-electron chi connectivity index (χ2n) is 6.29. The Morgan fingerprint density at radius 2 is 1.83 bits per heavy atom. The Morgan fingerprint density at radius 3 is 2.39 bits per heavy atom. The maximum Gasteiger partial charge on any atom is -0.0135 e. The molecule has 1 atom stereocenters. The molecule has 1 aromatic rings. The van der Waals surface area contributed by atoms with Gasteiger partial charge in [-0.2, -0.15) is 0 Å². The molecule has 1 aromatic carbocycles. The van der Waals surface area contributed by atoms with Crippen molar-refractivity contribution in [1.82, 2.24) is 0 Å². The van der Waals surface area contributed by atoms with Gasteiger partial charge in [-0.25, -0.2) is 0 Å². The minimum absolute atomic E-state index is 0.293. The number of benzene rings is 1. The van der Waals surface area contributed by atoms with E-state index < -0.39 is 0 Å². The Bertz CT molecular complexity index is 429. The maximum atomic E-state index is 2.43. The molecule has 0 nitrogen and oxygen atoms in total.